The molecule has 0 aromatic rings. The summed E-state index contributed by atoms with van der Waals surface area (Å²) < 4.78 is 62.7. The van der Waals surface area contributed by atoms with Crippen LogP contribution in [0.4, 0.5) is 22.0 Å². The first-order valence-corrected chi connectivity index (χ1v) is 6.85. The third kappa shape index (κ3) is 5.85. The fraction of sp³-hybridized carbons (Fsp3) is 0.917. The molecular formula is C12H19ClF5N3O. The maximum Gasteiger partial charge on any atom is 0.401 e. The quantitative estimate of drug-likeness (QED) is 0.758. The standard InChI is InChI=1S/C12H18F5N3O.ClH/c13-11(14)5-9(18-6-11)10(21)19-8-1-3-20(4-2-8)7-12(15,16)17;/h8-9,18H,1-7H2,(H,19,21);1H. The molecule has 0 saturated carbocycles. The Balaban J connectivity index is 0.00000242. The molecule has 1 unspecified atom stereocenters. The molecule has 2 N–H and O–H groups in total. The van der Waals surface area contributed by atoms with Crippen molar-refractivity contribution in [2.45, 2.75) is 43.4 Å². The Morgan fingerprint density at radius 1 is 1.27 bits per heavy atom. The smallest absolute Gasteiger partial charge is 0.352 e. The Morgan fingerprint density at radius 3 is 2.32 bits per heavy atom. The van der Waals surface area contributed by atoms with Gasteiger partial charge in [-0.2, -0.15) is 13.2 Å². The summed E-state index contributed by atoms with van der Waals surface area (Å²) in [6.07, 6.45) is -3.98. The Bertz CT molecular complexity index is 385. The summed E-state index contributed by atoms with van der Waals surface area (Å²) in [7, 11) is 0. The number of alkyl halides is 5. The molecule has 0 spiro atoms. The molecule has 10 heteroatoms. The number of hydrogen-bond donors (Lipinski definition) is 2. The molecule has 0 bridgehead atoms. The van der Waals surface area contributed by atoms with Crippen LogP contribution >= 0.6 is 12.4 Å². The molecule has 2 saturated heterocycles. The van der Waals surface area contributed by atoms with E-state index in [1.807, 2.05) is 0 Å². The average molecular weight is 352 g/mol. The van der Waals surface area contributed by atoms with Crippen molar-refractivity contribution in [2.75, 3.05) is 26.2 Å². The minimum atomic E-state index is -4.23. The molecule has 2 aliphatic rings. The van der Waals surface area contributed by atoms with Gasteiger partial charge in [-0.15, -0.1) is 12.4 Å². The van der Waals surface area contributed by atoms with Crippen LogP contribution in [0.5, 0.6) is 0 Å². The van der Waals surface area contributed by atoms with Crippen molar-refractivity contribution in [2.24, 2.45) is 0 Å². The van der Waals surface area contributed by atoms with Gasteiger partial charge in [0.2, 0.25) is 5.91 Å². The van der Waals surface area contributed by atoms with Crippen LogP contribution in [0.15, 0.2) is 0 Å². The van der Waals surface area contributed by atoms with Gasteiger partial charge in [0, 0.05) is 25.6 Å². The van der Waals surface area contributed by atoms with Crippen LogP contribution in [0.2, 0.25) is 0 Å². The van der Waals surface area contributed by atoms with Gasteiger partial charge >= 0.3 is 6.18 Å². The number of hydrogen-bond acceptors (Lipinski definition) is 3. The summed E-state index contributed by atoms with van der Waals surface area (Å²) in [5.74, 6) is -3.38. The number of likely N-dealkylation sites (tertiary alicyclic amines) is 1. The van der Waals surface area contributed by atoms with Crippen molar-refractivity contribution in [3.63, 3.8) is 0 Å². The Kier molecular flexibility index (Phi) is 6.40. The highest BCUT2D eigenvalue weighted by molar-refractivity contribution is 5.85. The molecule has 2 aliphatic heterocycles. The highest BCUT2D eigenvalue weighted by Crippen LogP contribution is 2.25. The molecule has 22 heavy (non-hydrogen) atoms. The summed E-state index contributed by atoms with van der Waals surface area (Å²) in [6, 6.07) is -1.17. The zero-order valence-electron chi connectivity index (χ0n) is 11.8. The normalized spacial score (nSPS) is 26.5. The first-order chi connectivity index (χ1) is 9.65. The third-order valence-electron chi connectivity index (χ3n) is 3.76. The van der Waals surface area contributed by atoms with Crippen molar-refractivity contribution >= 4 is 18.3 Å². The van der Waals surface area contributed by atoms with E-state index in [2.05, 4.69) is 10.6 Å². The summed E-state index contributed by atoms with van der Waals surface area (Å²) in [4.78, 5) is 13.1. The molecule has 1 atom stereocenters. The van der Waals surface area contributed by atoms with E-state index in [0.29, 0.717) is 12.8 Å². The van der Waals surface area contributed by atoms with E-state index in [1.54, 1.807) is 0 Å². The number of halogens is 6. The van der Waals surface area contributed by atoms with E-state index in [1.165, 1.54) is 4.90 Å². The molecule has 130 valence electrons. The Morgan fingerprint density at radius 2 is 1.86 bits per heavy atom. The van der Waals surface area contributed by atoms with Crippen LogP contribution in [0.25, 0.3) is 0 Å². The van der Waals surface area contributed by atoms with Crippen LogP contribution in [0, 0.1) is 0 Å². The summed E-state index contributed by atoms with van der Waals surface area (Å²) in [5, 5.41) is 5.09. The summed E-state index contributed by atoms with van der Waals surface area (Å²) >= 11 is 0. The fourth-order valence-corrected chi connectivity index (χ4v) is 2.69. The Hall–Kier alpha value is -0.670. The van der Waals surface area contributed by atoms with Crippen LogP contribution in [0.3, 0.4) is 0 Å². The van der Waals surface area contributed by atoms with Crippen molar-refractivity contribution in [1.82, 2.24) is 15.5 Å². The number of piperidine rings is 1. The lowest BCUT2D eigenvalue weighted by Gasteiger charge is -2.33. The maximum absolute atomic E-state index is 13.0. The lowest BCUT2D eigenvalue weighted by Crippen LogP contribution is -2.50. The lowest BCUT2D eigenvalue weighted by molar-refractivity contribution is -0.148. The largest absolute Gasteiger partial charge is 0.401 e. The number of nitrogens with zero attached hydrogens (tertiary/aromatic N) is 1. The highest BCUT2D eigenvalue weighted by Gasteiger charge is 2.42. The monoisotopic (exact) mass is 351 g/mol. The van der Waals surface area contributed by atoms with Crippen molar-refractivity contribution in [1.29, 1.82) is 0 Å². The second-order valence-corrected chi connectivity index (χ2v) is 5.67. The van der Waals surface area contributed by atoms with E-state index in [9.17, 15) is 26.7 Å². The minimum Gasteiger partial charge on any atom is -0.352 e. The Labute approximate surface area is 131 Å². The van der Waals surface area contributed by atoms with Gasteiger partial charge in [-0.3, -0.25) is 15.0 Å². The van der Waals surface area contributed by atoms with Gasteiger partial charge in [-0.25, -0.2) is 8.78 Å². The summed E-state index contributed by atoms with van der Waals surface area (Å²) in [6.45, 7) is -1.00. The van der Waals surface area contributed by atoms with Crippen LogP contribution < -0.4 is 10.6 Å². The van der Waals surface area contributed by atoms with Crippen molar-refractivity contribution in [3.8, 4) is 0 Å². The van der Waals surface area contributed by atoms with E-state index in [0.717, 1.165) is 0 Å². The predicted octanol–water partition coefficient (Wildman–Crippen LogP) is 1.55. The molecule has 0 aromatic carbocycles. The number of rotatable bonds is 3. The van der Waals surface area contributed by atoms with E-state index < -0.39 is 43.6 Å². The van der Waals surface area contributed by atoms with Gasteiger partial charge < -0.3 is 5.32 Å². The molecule has 0 aromatic heterocycles. The number of carbonyl (C=O) groups excluding carboxylic acids is 1. The number of amides is 1. The third-order valence-corrected chi connectivity index (χ3v) is 3.76. The van der Waals surface area contributed by atoms with E-state index in [4.69, 9.17) is 0 Å². The van der Waals surface area contributed by atoms with Gasteiger partial charge in [0.1, 0.15) is 0 Å². The van der Waals surface area contributed by atoms with Gasteiger partial charge in [0.25, 0.3) is 5.92 Å². The van der Waals surface area contributed by atoms with E-state index >= 15 is 0 Å². The molecule has 4 nitrogen and oxygen atoms in total. The minimum absolute atomic E-state index is 0. The molecule has 0 aliphatic carbocycles. The predicted molar refractivity (Wildman–Crippen MR) is 72.3 cm³/mol. The van der Waals surface area contributed by atoms with E-state index in [-0.39, 0.29) is 31.5 Å². The highest BCUT2D eigenvalue weighted by atomic mass is 35.5. The zero-order valence-corrected chi connectivity index (χ0v) is 12.6. The van der Waals surface area contributed by atoms with Crippen LogP contribution in [0.1, 0.15) is 19.3 Å². The van der Waals surface area contributed by atoms with Gasteiger partial charge in [0.15, 0.2) is 0 Å². The topological polar surface area (TPSA) is 44.4 Å². The molecule has 1 amide bonds. The molecule has 2 rings (SSSR count). The van der Waals surface area contributed by atoms with Crippen LogP contribution in [-0.2, 0) is 4.79 Å². The van der Waals surface area contributed by atoms with Gasteiger partial charge in [-0.1, -0.05) is 0 Å². The lowest BCUT2D eigenvalue weighted by atomic mass is 10.0. The maximum atomic E-state index is 13.0. The summed E-state index contributed by atoms with van der Waals surface area (Å²) in [5.41, 5.74) is 0. The molecule has 0 radical (unpaired) electrons. The second kappa shape index (κ2) is 7.27. The number of nitrogens with one attached hydrogen (secondary N) is 2. The SMILES string of the molecule is Cl.O=C(NC1CCN(CC(F)(F)F)CC1)C1CC(F)(F)CN1. The second-order valence-electron chi connectivity index (χ2n) is 5.67. The number of carbonyl (C=O) groups is 1. The fourth-order valence-electron chi connectivity index (χ4n) is 2.69. The molecular weight excluding hydrogens is 333 g/mol. The van der Waals surface area contributed by atoms with Crippen molar-refractivity contribution in [3.05, 3.63) is 0 Å². The van der Waals surface area contributed by atoms with Crippen LogP contribution in [-0.4, -0.2) is 61.2 Å². The zero-order chi connectivity index (χ0) is 15.7. The first-order valence-electron chi connectivity index (χ1n) is 6.85. The first kappa shape index (κ1) is 19.4. The molecule has 2 fully saturated rings. The average Bonchev–Trinajstić information content (AvgIpc) is 2.70. The molecule has 2 heterocycles. The van der Waals surface area contributed by atoms with Gasteiger partial charge in [0.05, 0.1) is 19.1 Å². The van der Waals surface area contributed by atoms with Gasteiger partial charge in [-0.05, 0) is 12.8 Å². The van der Waals surface area contributed by atoms with Crippen molar-refractivity contribution < 1.29 is 26.7 Å².